The second kappa shape index (κ2) is 7.35. The van der Waals surface area contributed by atoms with E-state index in [1.807, 2.05) is 0 Å². The molecule has 0 amide bonds. The van der Waals surface area contributed by atoms with Crippen LogP contribution in [0.1, 0.15) is 43.0 Å². The summed E-state index contributed by atoms with van der Waals surface area (Å²) < 4.78 is 0. The summed E-state index contributed by atoms with van der Waals surface area (Å²) in [6.07, 6.45) is 4.42. The molecule has 2 N–H and O–H groups in total. The van der Waals surface area contributed by atoms with E-state index in [0.717, 1.165) is 25.8 Å². The third-order valence-electron chi connectivity index (χ3n) is 2.78. The average Bonchev–Trinajstić information content (AvgIpc) is 2.38. The van der Waals surface area contributed by atoms with E-state index in [9.17, 15) is 14.9 Å². The number of benzene rings is 1. The molecule has 0 saturated carbocycles. The molecule has 0 bridgehead atoms. The van der Waals surface area contributed by atoms with Crippen LogP contribution in [0.3, 0.4) is 0 Å². The maximum Gasteiger partial charge on any atom is 0.342 e. The van der Waals surface area contributed by atoms with Crippen molar-refractivity contribution in [1.29, 1.82) is 0 Å². The molecule has 6 nitrogen and oxygen atoms in total. The molecule has 1 aromatic carbocycles. The zero-order valence-corrected chi connectivity index (χ0v) is 10.9. The molecular formula is C13H18N2O4. The lowest BCUT2D eigenvalue weighted by Gasteiger charge is -2.07. The molecule has 0 radical (unpaired) electrons. The van der Waals surface area contributed by atoms with E-state index in [4.69, 9.17) is 5.11 Å². The number of nitro groups is 1. The van der Waals surface area contributed by atoms with Crippen molar-refractivity contribution in [2.75, 3.05) is 11.9 Å². The highest BCUT2D eigenvalue weighted by Crippen LogP contribution is 2.23. The van der Waals surface area contributed by atoms with E-state index in [0.29, 0.717) is 5.69 Å². The standard InChI is InChI=1S/C13H18N2O4/c1-2-3-4-5-8-14-10-6-7-11(13(16)17)12(9-10)15(18)19/h6-7,9,14H,2-5,8H2,1H3,(H,16,17). The van der Waals surface area contributed by atoms with Gasteiger partial charge in [-0.1, -0.05) is 26.2 Å². The second-order valence-corrected chi connectivity index (χ2v) is 4.28. The van der Waals surface area contributed by atoms with Gasteiger partial charge in [-0.2, -0.15) is 0 Å². The summed E-state index contributed by atoms with van der Waals surface area (Å²) in [5.41, 5.74) is -0.0965. The molecule has 0 fully saturated rings. The van der Waals surface area contributed by atoms with Crippen LogP contribution in [0.2, 0.25) is 0 Å². The van der Waals surface area contributed by atoms with E-state index >= 15 is 0 Å². The van der Waals surface area contributed by atoms with Crippen LogP contribution in [0.25, 0.3) is 0 Å². The van der Waals surface area contributed by atoms with Crippen molar-refractivity contribution in [3.05, 3.63) is 33.9 Å². The predicted octanol–water partition coefficient (Wildman–Crippen LogP) is 3.29. The van der Waals surface area contributed by atoms with Gasteiger partial charge in [0.1, 0.15) is 5.56 Å². The molecule has 0 unspecified atom stereocenters. The Bertz CT molecular complexity index is 460. The van der Waals surface area contributed by atoms with Crippen molar-refractivity contribution in [1.82, 2.24) is 0 Å². The summed E-state index contributed by atoms with van der Waals surface area (Å²) in [7, 11) is 0. The van der Waals surface area contributed by atoms with Crippen LogP contribution in [-0.2, 0) is 0 Å². The molecule has 0 spiro atoms. The SMILES string of the molecule is CCCCCCNc1ccc(C(=O)O)c([N+](=O)[O-])c1. The first-order chi connectivity index (χ1) is 9.06. The Hall–Kier alpha value is -2.11. The fraction of sp³-hybridized carbons (Fsp3) is 0.462. The number of hydrogen-bond acceptors (Lipinski definition) is 4. The number of nitro benzene ring substituents is 1. The largest absolute Gasteiger partial charge is 0.477 e. The van der Waals surface area contributed by atoms with E-state index in [2.05, 4.69) is 12.2 Å². The molecule has 0 saturated heterocycles. The van der Waals surface area contributed by atoms with Gasteiger partial charge in [0.05, 0.1) is 4.92 Å². The highest BCUT2D eigenvalue weighted by Gasteiger charge is 2.19. The third-order valence-corrected chi connectivity index (χ3v) is 2.78. The quantitative estimate of drug-likeness (QED) is 0.428. The number of carboxylic acid groups (broad SMARTS) is 1. The average molecular weight is 266 g/mol. The Morgan fingerprint density at radius 1 is 1.37 bits per heavy atom. The number of aromatic carboxylic acids is 1. The molecular weight excluding hydrogens is 248 g/mol. The summed E-state index contributed by atoms with van der Waals surface area (Å²) in [5.74, 6) is -1.29. The number of carbonyl (C=O) groups is 1. The lowest BCUT2D eigenvalue weighted by atomic mass is 10.1. The molecule has 0 atom stereocenters. The number of nitrogens with zero attached hydrogens (tertiary/aromatic N) is 1. The first-order valence-electron chi connectivity index (χ1n) is 6.32. The first kappa shape index (κ1) is 14.9. The molecule has 0 aliphatic carbocycles. The van der Waals surface area contributed by atoms with E-state index in [1.54, 1.807) is 6.07 Å². The van der Waals surface area contributed by atoms with Gasteiger partial charge in [-0.3, -0.25) is 10.1 Å². The van der Waals surface area contributed by atoms with Crippen molar-refractivity contribution in [3.8, 4) is 0 Å². The molecule has 0 aliphatic rings. The van der Waals surface area contributed by atoms with Crippen LogP contribution in [-0.4, -0.2) is 22.5 Å². The number of carboxylic acids is 1. The fourth-order valence-corrected chi connectivity index (χ4v) is 1.76. The van der Waals surface area contributed by atoms with Gasteiger partial charge in [-0.15, -0.1) is 0 Å². The maximum absolute atomic E-state index is 10.8. The Labute approximate surface area is 111 Å². The molecule has 0 heterocycles. The van der Waals surface area contributed by atoms with Gasteiger partial charge in [0.15, 0.2) is 0 Å². The van der Waals surface area contributed by atoms with Gasteiger partial charge < -0.3 is 10.4 Å². The molecule has 0 aromatic heterocycles. The molecule has 104 valence electrons. The molecule has 0 aliphatic heterocycles. The van der Waals surface area contributed by atoms with Crippen molar-refractivity contribution < 1.29 is 14.8 Å². The van der Waals surface area contributed by atoms with Crippen LogP contribution in [0.5, 0.6) is 0 Å². The number of nitrogens with one attached hydrogen (secondary N) is 1. The lowest BCUT2D eigenvalue weighted by Crippen LogP contribution is -2.06. The number of hydrogen-bond donors (Lipinski definition) is 2. The van der Waals surface area contributed by atoms with Gasteiger partial charge in [-0.05, 0) is 18.6 Å². The van der Waals surface area contributed by atoms with Crippen molar-refractivity contribution in [2.24, 2.45) is 0 Å². The minimum Gasteiger partial charge on any atom is -0.477 e. The minimum absolute atomic E-state index is 0.290. The van der Waals surface area contributed by atoms with Gasteiger partial charge in [0.2, 0.25) is 0 Å². The Morgan fingerprint density at radius 2 is 2.11 bits per heavy atom. The highest BCUT2D eigenvalue weighted by atomic mass is 16.6. The topological polar surface area (TPSA) is 92.5 Å². The van der Waals surface area contributed by atoms with Crippen LogP contribution in [0.4, 0.5) is 11.4 Å². The lowest BCUT2D eigenvalue weighted by molar-refractivity contribution is -0.385. The van der Waals surface area contributed by atoms with Crippen LogP contribution >= 0.6 is 0 Å². The van der Waals surface area contributed by atoms with E-state index in [-0.39, 0.29) is 11.3 Å². The normalized spacial score (nSPS) is 10.2. The van der Waals surface area contributed by atoms with Crippen LogP contribution < -0.4 is 5.32 Å². The van der Waals surface area contributed by atoms with Crippen LogP contribution in [0.15, 0.2) is 18.2 Å². The second-order valence-electron chi connectivity index (χ2n) is 4.28. The Morgan fingerprint density at radius 3 is 2.68 bits per heavy atom. The molecule has 6 heteroatoms. The Balaban J connectivity index is 2.68. The Kier molecular flexibility index (Phi) is 5.78. The molecule has 1 aromatic rings. The van der Waals surface area contributed by atoms with Crippen LogP contribution in [0, 0.1) is 10.1 Å². The van der Waals surface area contributed by atoms with Crippen molar-refractivity contribution in [2.45, 2.75) is 32.6 Å². The summed E-state index contributed by atoms with van der Waals surface area (Å²) >= 11 is 0. The summed E-state index contributed by atoms with van der Waals surface area (Å²) in [4.78, 5) is 21.0. The number of unbranched alkanes of at least 4 members (excludes halogenated alkanes) is 3. The van der Waals surface area contributed by atoms with Gasteiger partial charge in [0.25, 0.3) is 5.69 Å². The summed E-state index contributed by atoms with van der Waals surface area (Å²) in [6.45, 7) is 2.85. The van der Waals surface area contributed by atoms with Gasteiger partial charge >= 0.3 is 5.97 Å². The maximum atomic E-state index is 10.8. The summed E-state index contributed by atoms with van der Waals surface area (Å²) in [5, 5.41) is 22.7. The minimum atomic E-state index is -1.29. The zero-order chi connectivity index (χ0) is 14.3. The summed E-state index contributed by atoms with van der Waals surface area (Å²) in [6, 6.07) is 4.08. The predicted molar refractivity (Wildman–Crippen MR) is 72.7 cm³/mol. The molecule has 19 heavy (non-hydrogen) atoms. The molecule has 1 rings (SSSR count). The zero-order valence-electron chi connectivity index (χ0n) is 10.9. The smallest absolute Gasteiger partial charge is 0.342 e. The van der Waals surface area contributed by atoms with Crippen molar-refractivity contribution in [3.63, 3.8) is 0 Å². The van der Waals surface area contributed by atoms with E-state index < -0.39 is 10.9 Å². The third kappa shape index (κ3) is 4.57. The van der Waals surface area contributed by atoms with E-state index in [1.165, 1.54) is 18.6 Å². The number of rotatable bonds is 8. The van der Waals surface area contributed by atoms with Crippen molar-refractivity contribution >= 4 is 17.3 Å². The number of anilines is 1. The van der Waals surface area contributed by atoms with Gasteiger partial charge in [0, 0.05) is 18.3 Å². The van der Waals surface area contributed by atoms with Gasteiger partial charge in [-0.25, -0.2) is 4.79 Å². The monoisotopic (exact) mass is 266 g/mol. The highest BCUT2D eigenvalue weighted by molar-refractivity contribution is 5.93. The fourth-order valence-electron chi connectivity index (χ4n) is 1.76. The first-order valence-corrected chi connectivity index (χ1v) is 6.32.